The van der Waals surface area contributed by atoms with Crippen molar-refractivity contribution in [2.24, 2.45) is 10.1 Å². The van der Waals surface area contributed by atoms with E-state index >= 15 is 0 Å². The number of carbonyl (C=O) groups excluding carboxylic acids is 1. The highest BCUT2D eigenvalue weighted by atomic mass is 32.3. The number of likely N-dealkylation sites (tertiary alicyclic amines) is 1. The molecule has 2 aliphatic rings. The number of nitrogens with zero attached hydrogens (tertiary/aromatic N) is 3. The number of anilines is 2. The number of amidine groups is 1. The van der Waals surface area contributed by atoms with Gasteiger partial charge in [0.2, 0.25) is 0 Å². The number of carbonyl (C=O) groups is 1. The van der Waals surface area contributed by atoms with Crippen molar-refractivity contribution < 1.29 is 18.6 Å². The Morgan fingerprint density at radius 2 is 2.10 bits per heavy atom. The number of pyridine rings is 1. The van der Waals surface area contributed by atoms with Gasteiger partial charge in [0.15, 0.2) is 5.84 Å². The SMILES string of the molecule is NC1=NS(O)(O)Nc2cccc(OCC3CCCCN3C(=O)Nc3ccncc3)c21. The van der Waals surface area contributed by atoms with Crippen molar-refractivity contribution in [1.29, 1.82) is 0 Å². The maximum atomic E-state index is 12.8. The third kappa shape index (κ3) is 4.42. The molecule has 1 aromatic heterocycles. The zero-order valence-electron chi connectivity index (χ0n) is 16.2. The Morgan fingerprint density at radius 3 is 2.90 bits per heavy atom. The van der Waals surface area contributed by atoms with Crippen molar-refractivity contribution >= 4 is 34.2 Å². The third-order valence-corrected chi connectivity index (χ3v) is 5.95. The van der Waals surface area contributed by atoms with Gasteiger partial charge < -0.3 is 20.7 Å². The summed E-state index contributed by atoms with van der Waals surface area (Å²) in [6.45, 7) is 0.924. The fourth-order valence-corrected chi connectivity index (χ4v) is 4.49. The number of benzene rings is 1. The summed E-state index contributed by atoms with van der Waals surface area (Å²) in [5.74, 6) is 0.464. The van der Waals surface area contributed by atoms with Gasteiger partial charge in [-0.25, -0.2) is 4.79 Å². The number of urea groups is 1. The van der Waals surface area contributed by atoms with Crippen molar-refractivity contribution in [1.82, 2.24) is 9.88 Å². The third-order valence-electron chi connectivity index (χ3n) is 5.01. The molecule has 2 aliphatic heterocycles. The molecule has 2 amide bonds. The smallest absolute Gasteiger partial charge is 0.322 e. The van der Waals surface area contributed by atoms with Crippen LogP contribution < -0.4 is 20.5 Å². The van der Waals surface area contributed by atoms with Crippen LogP contribution >= 0.6 is 11.0 Å². The molecule has 0 aliphatic carbocycles. The first-order valence-corrected chi connectivity index (χ1v) is 11.1. The van der Waals surface area contributed by atoms with Crippen molar-refractivity contribution in [3.05, 3.63) is 48.3 Å². The van der Waals surface area contributed by atoms with E-state index in [9.17, 15) is 13.9 Å². The van der Waals surface area contributed by atoms with E-state index in [-0.39, 0.29) is 24.5 Å². The average molecular weight is 433 g/mol. The molecule has 0 saturated carbocycles. The van der Waals surface area contributed by atoms with E-state index in [4.69, 9.17) is 10.5 Å². The van der Waals surface area contributed by atoms with Gasteiger partial charge in [-0.15, -0.1) is 4.40 Å². The maximum absolute atomic E-state index is 12.8. The highest BCUT2D eigenvalue weighted by molar-refractivity contribution is 8.24. The molecular weight excluding hydrogens is 408 g/mol. The van der Waals surface area contributed by atoms with Crippen LogP contribution in [0.3, 0.4) is 0 Å². The van der Waals surface area contributed by atoms with Gasteiger partial charge in [-0.2, -0.15) is 0 Å². The molecule has 1 unspecified atom stereocenters. The number of nitrogens with one attached hydrogen (secondary N) is 2. The molecule has 3 heterocycles. The molecule has 1 atom stereocenters. The van der Waals surface area contributed by atoms with Crippen LogP contribution in [-0.2, 0) is 0 Å². The first-order valence-electron chi connectivity index (χ1n) is 9.58. The molecule has 30 heavy (non-hydrogen) atoms. The second-order valence-electron chi connectivity index (χ2n) is 7.10. The molecule has 0 spiro atoms. The number of aromatic nitrogens is 1. The Bertz CT molecular complexity index is 955. The molecule has 11 heteroatoms. The van der Waals surface area contributed by atoms with E-state index in [1.54, 1.807) is 47.6 Å². The van der Waals surface area contributed by atoms with Gasteiger partial charge in [0, 0.05) is 24.6 Å². The summed E-state index contributed by atoms with van der Waals surface area (Å²) in [5.41, 5.74) is 7.55. The molecule has 160 valence electrons. The summed E-state index contributed by atoms with van der Waals surface area (Å²) < 4.78 is 31.9. The Kier molecular flexibility index (Phi) is 5.66. The summed E-state index contributed by atoms with van der Waals surface area (Å²) in [5, 5.41) is 2.90. The van der Waals surface area contributed by atoms with Crippen LogP contribution in [0.1, 0.15) is 24.8 Å². The van der Waals surface area contributed by atoms with Gasteiger partial charge in [0.05, 0.1) is 17.3 Å². The standard InChI is InChI=1S/C19H24N6O4S/c20-18-17-15(23-30(27,28)24-18)5-3-6-16(17)29-12-14-4-1-2-11-25(14)19(26)22-13-7-9-21-10-8-13/h3,5-10,14,23,27-28H,1-2,4,11-12H2,(H2,20,24)(H,21,22,26). The minimum absolute atomic E-state index is 0.00437. The lowest BCUT2D eigenvalue weighted by Gasteiger charge is -2.36. The monoisotopic (exact) mass is 432 g/mol. The fourth-order valence-electron chi connectivity index (χ4n) is 3.61. The van der Waals surface area contributed by atoms with Gasteiger partial charge in [-0.1, -0.05) is 6.07 Å². The Labute approximate surface area is 175 Å². The summed E-state index contributed by atoms with van der Waals surface area (Å²) in [4.78, 5) is 18.5. The van der Waals surface area contributed by atoms with Crippen LogP contribution in [0, 0.1) is 0 Å². The number of fused-ring (bicyclic) bond motifs is 1. The lowest BCUT2D eigenvalue weighted by Crippen LogP contribution is -2.48. The number of hydrogen-bond donors (Lipinski definition) is 5. The van der Waals surface area contributed by atoms with E-state index in [0.29, 0.717) is 29.2 Å². The maximum Gasteiger partial charge on any atom is 0.322 e. The fraction of sp³-hybridized carbons (Fsp3) is 0.316. The highest BCUT2D eigenvalue weighted by Gasteiger charge is 2.29. The van der Waals surface area contributed by atoms with Crippen LogP contribution in [0.2, 0.25) is 0 Å². The number of ether oxygens (including phenoxy) is 1. The van der Waals surface area contributed by atoms with E-state index in [0.717, 1.165) is 19.3 Å². The van der Waals surface area contributed by atoms with Crippen LogP contribution in [0.25, 0.3) is 0 Å². The molecule has 10 nitrogen and oxygen atoms in total. The summed E-state index contributed by atoms with van der Waals surface area (Å²) >= 11 is 0. The van der Waals surface area contributed by atoms with Gasteiger partial charge >= 0.3 is 6.03 Å². The van der Waals surface area contributed by atoms with Crippen molar-refractivity contribution in [3.8, 4) is 5.75 Å². The number of nitrogens with two attached hydrogens (primary N) is 1. The largest absolute Gasteiger partial charge is 0.491 e. The first kappa shape index (κ1) is 20.3. The average Bonchev–Trinajstić information content (AvgIpc) is 2.72. The van der Waals surface area contributed by atoms with Gasteiger partial charge in [0.1, 0.15) is 12.4 Å². The molecule has 6 N–H and O–H groups in total. The van der Waals surface area contributed by atoms with Crippen LogP contribution in [-0.4, -0.2) is 50.0 Å². The van der Waals surface area contributed by atoms with E-state index in [1.165, 1.54) is 0 Å². The number of hydrogen-bond acceptors (Lipinski definition) is 8. The van der Waals surface area contributed by atoms with E-state index < -0.39 is 11.0 Å². The molecule has 2 aromatic rings. The van der Waals surface area contributed by atoms with Crippen molar-refractivity contribution in [2.75, 3.05) is 23.2 Å². The minimum atomic E-state index is -3.36. The quantitative estimate of drug-likeness (QED) is 0.498. The number of piperidine rings is 1. The van der Waals surface area contributed by atoms with Crippen molar-refractivity contribution in [2.45, 2.75) is 25.3 Å². The molecular formula is C19H24N6O4S. The predicted molar refractivity (Wildman–Crippen MR) is 117 cm³/mol. The molecule has 0 radical (unpaired) electrons. The van der Waals surface area contributed by atoms with Gasteiger partial charge in [-0.3, -0.25) is 18.8 Å². The Hall–Kier alpha value is -3.02. The summed E-state index contributed by atoms with van der Waals surface area (Å²) in [7, 11) is -3.36. The Morgan fingerprint density at radius 1 is 1.30 bits per heavy atom. The second kappa shape index (κ2) is 8.38. The topological polar surface area (TPSA) is 145 Å². The van der Waals surface area contributed by atoms with E-state index in [1.807, 2.05) is 0 Å². The lowest BCUT2D eigenvalue weighted by atomic mass is 10.0. The minimum Gasteiger partial charge on any atom is -0.491 e. The number of rotatable bonds is 4. The normalized spacial score (nSPS) is 20.9. The molecule has 0 bridgehead atoms. The summed E-state index contributed by atoms with van der Waals surface area (Å²) in [6, 6.07) is 8.33. The highest BCUT2D eigenvalue weighted by Crippen LogP contribution is 2.46. The zero-order valence-corrected chi connectivity index (χ0v) is 17.0. The number of amides is 2. The zero-order chi connectivity index (χ0) is 21.1. The summed E-state index contributed by atoms with van der Waals surface area (Å²) in [6.07, 6.45) is 6.01. The van der Waals surface area contributed by atoms with Gasteiger partial charge in [0.25, 0.3) is 0 Å². The van der Waals surface area contributed by atoms with E-state index in [2.05, 4.69) is 19.4 Å². The molecule has 1 fully saturated rings. The molecule has 1 saturated heterocycles. The molecule has 1 aromatic carbocycles. The second-order valence-corrected chi connectivity index (χ2v) is 8.52. The van der Waals surface area contributed by atoms with Gasteiger partial charge in [-0.05, 0) is 54.5 Å². The van der Waals surface area contributed by atoms with Crippen LogP contribution in [0.15, 0.2) is 47.1 Å². The molecule has 4 rings (SSSR count). The first-order chi connectivity index (χ1) is 14.4. The van der Waals surface area contributed by atoms with Crippen LogP contribution in [0.5, 0.6) is 5.75 Å². The van der Waals surface area contributed by atoms with Crippen molar-refractivity contribution in [3.63, 3.8) is 0 Å². The van der Waals surface area contributed by atoms with Crippen LogP contribution in [0.4, 0.5) is 16.2 Å². The lowest BCUT2D eigenvalue weighted by molar-refractivity contribution is 0.124. The predicted octanol–water partition coefficient (Wildman–Crippen LogP) is 3.26. The Balaban J connectivity index is 1.47.